The van der Waals surface area contributed by atoms with Gasteiger partial charge in [0.2, 0.25) is 5.91 Å². The summed E-state index contributed by atoms with van der Waals surface area (Å²) in [6, 6.07) is -0.839. The number of nitrogens with one attached hydrogen (secondary N) is 1. The van der Waals surface area contributed by atoms with Crippen molar-refractivity contribution in [3.8, 4) is 0 Å². The summed E-state index contributed by atoms with van der Waals surface area (Å²) in [6.45, 7) is 3.64. The molecule has 1 aliphatic heterocycles. The zero-order chi connectivity index (χ0) is 56.5. The standard InChI is InChI=1S/C69H115NO8/c1-3-5-7-9-11-13-15-17-19-21-23-25-26-27-28-29-30-31-32-33-34-35-36-37-38-39-41-43-45-47-49-51-53-55-57-59-65(73)70-62(61-77-69-68(76)67(75)66(74)64(60-71)78-69)63(72)58-56-54-52-50-48-46-44-42-40-24-22-20-18-16-14-12-10-8-6-4-2/h5,7,11,13,17,19,23,25,27-28,30-31,33-34,36-37,39,41,48,50,56,58,62-64,66-69,71-72,74-76H,3-4,6,8-10,12,14-16,18,20-22,24,26,29,32,35,38,40,42-47,49,51-55,57,59-61H2,1-2H3,(H,70,73)/b7-5-,13-11-,19-17-,25-23-,28-27-,31-30-,34-33-,37-36-,41-39-,50-48+,58-56+. The number of allylic oxidation sites excluding steroid dienone is 21. The lowest BCUT2D eigenvalue weighted by molar-refractivity contribution is -0.302. The molecule has 0 aliphatic carbocycles. The van der Waals surface area contributed by atoms with Gasteiger partial charge >= 0.3 is 0 Å². The van der Waals surface area contributed by atoms with E-state index < -0.39 is 49.5 Å². The van der Waals surface area contributed by atoms with Gasteiger partial charge in [-0.25, -0.2) is 0 Å². The van der Waals surface area contributed by atoms with Crippen molar-refractivity contribution in [2.45, 2.75) is 281 Å². The van der Waals surface area contributed by atoms with Gasteiger partial charge in [-0.15, -0.1) is 0 Å². The number of ether oxygens (including phenoxy) is 2. The van der Waals surface area contributed by atoms with Gasteiger partial charge in [-0.05, 0) is 103 Å². The Morgan fingerprint density at radius 2 is 0.808 bits per heavy atom. The first-order valence-electron chi connectivity index (χ1n) is 31.4. The Morgan fingerprint density at radius 3 is 1.23 bits per heavy atom. The van der Waals surface area contributed by atoms with Gasteiger partial charge in [-0.3, -0.25) is 4.79 Å². The van der Waals surface area contributed by atoms with E-state index in [1.54, 1.807) is 6.08 Å². The molecule has 0 spiro atoms. The number of aliphatic hydroxyl groups is 5. The number of hydrogen-bond donors (Lipinski definition) is 6. The van der Waals surface area contributed by atoms with E-state index in [4.69, 9.17) is 9.47 Å². The van der Waals surface area contributed by atoms with Crippen LogP contribution in [0.15, 0.2) is 134 Å². The largest absolute Gasteiger partial charge is 0.394 e. The van der Waals surface area contributed by atoms with Gasteiger partial charge in [0.15, 0.2) is 6.29 Å². The molecule has 7 atom stereocenters. The van der Waals surface area contributed by atoms with Crippen molar-refractivity contribution in [2.24, 2.45) is 0 Å². The summed E-state index contributed by atoms with van der Waals surface area (Å²) in [7, 11) is 0. The van der Waals surface area contributed by atoms with Crippen LogP contribution in [-0.2, 0) is 14.3 Å². The van der Waals surface area contributed by atoms with Crippen LogP contribution in [0.5, 0.6) is 0 Å². The van der Waals surface area contributed by atoms with Crippen LogP contribution in [0.1, 0.15) is 239 Å². The van der Waals surface area contributed by atoms with Crippen LogP contribution in [0, 0.1) is 0 Å². The van der Waals surface area contributed by atoms with Crippen molar-refractivity contribution in [1.29, 1.82) is 0 Å². The van der Waals surface area contributed by atoms with Crippen LogP contribution in [0.3, 0.4) is 0 Å². The zero-order valence-electron chi connectivity index (χ0n) is 49.4. The Labute approximate surface area is 477 Å². The molecule has 0 bridgehead atoms. The highest BCUT2D eigenvalue weighted by Crippen LogP contribution is 2.23. The molecule has 0 aromatic carbocycles. The second kappa shape index (κ2) is 56.6. The third-order valence-corrected chi connectivity index (χ3v) is 14.0. The highest BCUT2D eigenvalue weighted by atomic mass is 16.7. The van der Waals surface area contributed by atoms with Gasteiger partial charge in [-0.2, -0.15) is 0 Å². The van der Waals surface area contributed by atoms with E-state index in [9.17, 15) is 30.3 Å². The minimum absolute atomic E-state index is 0.203. The maximum absolute atomic E-state index is 13.1. The number of hydrogen-bond acceptors (Lipinski definition) is 8. The van der Waals surface area contributed by atoms with E-state index in [0.717, 1.165) is 109 Å². The minimum Gasteiger partial charge on any atom is -0.394 e. The Hall–Kier alpha value is -3.67. The van der Waals surface area contributed by atoms with Gasteiger partial charge in [0, 0.05) is 6.42 Å². The summed E-state index contributed by atoms with van der Waals surface area (Å²) in [5, 5.41) is 54.6. The van der Waals surface area contributed by atoms with E-state index in [0.29, 0.717) is 6.42 Å². The highest BCUT2D eigenvalue weighted by molar-refractivity contribution is 5.76. The first kappa shape index (κ1) is 72.3. The van der Waals surface area contributed by atoms with Gasteiger partial charge in [0.25, 0.3) is 0 Å². The average Bonchev–Trinajstić information content (AvgIpc) is 3.45. The van der Waals surface area contributed by atoms with Crippen molar-refractivity contribution in [3.05, 3.63) is 134 Å². The van der Waals surface area contributed by atoms with Gasteiger partial charge in [-0.1, -0.05) is 263 Å². The molecule has 1 amide bonds. The molecule has 1 fully saturated rings. The molecular formula is C69H115NO8. The Morgan fingerprint density at radius 1 is 0.449 bits per heavy atom. The summed E-state index contributed by atoms with van der Waals surface area (Å²) in [5.74, 6) is -0.203. The maximum Gasteiger partial charge on any atom is 0.220 e. The van der Waals surface area contributed by atoms with Crippen LogP contribution in [0.25, 0.3) is 0 Å². The van der Waals surface area contributed by atoms with Gasteiger partial charge < -0.3 is 40.3 Å². The molecule has 1 heterocycles. The van der Waals surface area contributed by atoms with E-state index in [1.807, 2.05) is 6.08 Å². The monoisotopic (exact) mass is 1090 g/mol. The first-order valence-corrected chi connectivity index (χ1v) is 31.4. The van der Waals surface area contributed by atoms with E-state index >= 15 is 0 Å². The third kappa shape index (κ3) is 45.1. The van der Waals surface area contributed by atoms with Crippen molar-refractivity contribution < 1.29 is 39.8 Å². The number of rotatable bonds is 52. The van der Waals surface area contributed by atoms with E-state index in [2.05, 4.69) is 141 Å². The first-order chi connectivity index (χ1) is 38.3. The molecule has 0 saturated carbocycles. The number of carbonyl (C=O) groups excluding carboxylic acids is 1. The lowest BCUT2D eigenvalue weighted by atomic mass is 9.99. The van der Waals surface area contributed by atoms with Crippen molar-refractivity contribution >= 4 is 5.91 Å². The van der Waals surface area contributed by atoms with Crippen LogP contribution >= 0.6 is 0 Å². The summed E-state index contributed by atoms with van der Waals surface area (Å²) in [4.78, 5) is 13.1. The summed E-state index contributed by atoms with van der Waals surface area (Å²) >= 11 is 0. The lowest BCUT2D eigenvalue weighted by Crippen LogP contribution is -2.60. The number of aliphatic hydroxyl groups excluding tert-OH is 5. The van der Waals surface area contributed by atoms with E-state index in [1.165, 1.54) is 109 Å². The van der Waals surface area contributed by atoms with Crippen LogP contribution in [0.4, 0.5) is 0 Å². The predicted molar refractivity (Wildman–Crippen MR) is 331 cm³/mol. The molecule has 9 nitrogen and oxygen atoms in total. The normalized spacial score (nSPS) is 19.6. The molecular weight excluding hydrogens is 971 g/mol. The number of amides is 1. The van der Waals surface area contributed by atoms with Crippen molar-refractivity contribution in [3.63, 3.8) is 0 Å². The highest BCUT2D eigenvalue weighted by Gasteiger charge is 2.44. The molecule has 444 valence electrons. The quantitative estimate of drug-likeness (QED) is 0.0261. The van der Waals surface area contributed by atoms with Crippen molar-refractivity contribution in [1.82, 2.24) is 5.32 Å². The lowest BCUT2D eigenvalue weighted by Gasteiger charge is -2.40. The fraction of sp³-hybridized carbons (Fsp3) is 0.667. The van der Waals surface area contributed by atoms with Crippen LogP contribution in [0.2, 0.25) is 0 Å². The summed E-state index contributed by atoms with van der Waals surface area (Å²) in [5.41, 5.74) is 0. The molecule has 9 heteroatoms. The third-order valence-electron chi connectivity index (χ3n) is 14.0. The molecule has 0 radical (unpaired) electrons. The van der Waals surface area contributed by atoms with Gasteiger partial charge in [0.05, 0.1) is 25.4 Å². The Bertz CT molecular complexity index is 1690. The maximum atomic E-state index is 13.1. The average molecular weight is 1090 g/mol. The number of carbonyl (C=O) groups is 1. The van der Waals surface area contributed by atoms with Crippen LogP contribution < -0.4 is 5.32 Å². The molecule has 78 heavy (non-hydrogen) atoms. The SMILES string of the molecule is CC/C=C\C/C=C\C/C=C\C/C=C\C/C=C\C/C=C\C/C=C\C/C=C\C/C=C\CCCCCCCCCC(=O)NC(COC1OC(CO)C(O)C(O)C1O)C(O)/C=C/CC/C=C/CCCCCCCCCCCCCCCC. The second-order valence-electron chi connectivity index (χ2n) is 21.1. The fourth-order valence-electron chi connectivity index (χ4n) is 9.05. The Kier molecular flexibility index (Phi) is 52.5. The number of unbranched alkanes of at least 4 members (excludes halogenated alkanes) is 22. The predicted octanol–water partition coefficient (Wildman–Crippen LogP) is 16.5. The molecule has 1 rings (SSSR count). The molecule has 7 unspecified atom stereocenters. The Balaban J connectivity index is 2.23. The zero-order valence-corrected chi connectivity index (χ0v) is 49.4. The van der Waals surface area contributed by atoms with Crippen LogP contribution in [-0.4, -0.2) is 87.5 Å². The van der Waals surface area contributed by atoms with Crippen molar-refractivity contribution in [2.75, 3.05) is 13.2 Å². The molecule has 0 aromatic rings. The summed E-state index contributed by atoms with van der Waals surface area (Å²) in [6.07, 6.45) is 79.5. The fourth-order valence-corrected chi connectivity index (χ4v) is 9.05. The minimum atomic E-state index is -1.58. The van der Waals surface area contributed by atoms with Gasteiger partial charge in [0.1, 0.15) is 24.4 Å². The molecule has 0 aromatic heterocycles. The summed E-state index contributed by atoms with van der Waals surface area (Å²) < 4.78 is 11.3. The molecule has 6 N–H and O–H groups in total. The van der Waals surface area contributed by atoms with E-state index in [-0.39, 0.29) is 12.5 Å². The second-order valence-corrected chi connectivity index (χ2v) is 21.1. The molecule has 1 saturated heterocycles. The topological polar surface area (TPSA) is 149 Å². The molecule has 1 aliphatic rings. The smallest absolute Gasteiger partial charge is 0.220 e.